The molecule has 0 amide bonds. The van der Waals surface area contributed by atoms with Crippen LogP contribution in [0.3, 0.4) is 0 Å². The monoisotopic (exact) mass is 267 g/mol. The Labute approximate surface area is 113 Å². The third-order valence-corrected chi connectivity index (χ3v) is 4.13. The van der Waals surface area contributed by atoms with Gasteiger partial charge in [0.05, 0.1) is 7.11 Å². The van der Waals surface area contributed by atoms with Crippen molar-refractivity contribution in [3.63, 3.8) is 0 Å². The van der Waals surface area contributed by atoms with Gasteiger partial charge in [-0.1, -0.05) is 12.1 Å². The zero-order valence-corrected chi connectivity index (χ0v) is 11.8. The van der Waals surface area contributed by atoms with Gasteiger partial charge in [-0.15, -0.1) is 0 Å². The number of hydrogen-bond acceptors (Lipinski definition) is 4. The Morgan fingerprint density at radius 1 is 1.50 bits per heavy atom. The van der Waals surface area contributed by atoms with Gasteiger partial charge in [0, 0.05) is 11.8 Å². The number of thioether (sulfide) groups is 1. The molecule has 0 saturated carbocycles. The van der Waals surface area contributed by atoms with Gasteiger partial charge in [-0.3, -0.25) is 0 Å². The van der Waals surface area contributed by atoms with E-state index in [4.69, 9.17) is 15.2 Å². The molecule has 4 heteroatoms. The second kappa shape index (κ2) is 6.34. The zero-order valence-electron chi connectivity index (χ0n) is 11.0. The summed E-state index contributed by atoms with van der Waals surface area (Å²) < 4.78 is 11.5. The number of nitrogens with two attached hydrogens (primary N) is 1. The third-order valence-electron chi connectivity index (χ3n) is 2.99. The Bertz CT molecular complexity index is 389. The number of ether oxygens (including phenoxy) is 2. The van der Waals surface area contributed by atoms with Gasteiger partial charge in [0.2, 0.25) is 0 Å². The molecule has 100 valence electrons. The maximum absolute atomic E-state index is 6.13. The van der Waals surface area contributed by atoms with Crippen molar-refractivity contribution in [2.24, 2.45) is 5.73 Å². The lowest BCUT2D eigenvalue weighted by molar-refractivity contribution is 0.216. The number of para-hydroxylation sites is 1. The van der Waals surface area contributed by atoms with Crippen molar-refractivity contribution in [1.29, 1.82) is 0 Å². The van der Waals surface area contributed by atoms with Crippen molar-refractivity contribution in [1.82, 2.24) is 0 Å². The minimum Gasteiger partial charge on any atom is -0.493 e. The molecule has 1 aliphatic heterocycles. The van der Waals surface area contributed by atoms with Crippen LogP contribution in [0.4, 0.5) is 0 Å². The largest absolute Gasteiger partial charge is 0.493 e. The van der Waals surface area contributed by atoms with Gasteiger partial charge in [0.15, 0.2) is 11.5 Å². The minimum absolute atomic E-state index is 0.123. The number of hydrogen-bond donors (Lipinski definition) is 1. The molecule has 1 aromatic rings. The van der Waals surface area contributed by atoms with Gasteiger partial charge in [0.1, 0.15) is 6.10 Å². The molecular weight excluding hydrogens is 246 g/mol. The van der Waals surface area contributed by atoms with Gasteiger partial charge in [-0.25, -0.2) is 0 Å². The Hall–Kier alpha value is -0.870. The fourth-order valence-electron chi connectivity index (χ4n) is 2.14. The highest BCUT2D eigenvalue weighted by molar-refractivity contribution is 7.99. The van der Waals surface area contributed by atoms with Gasteiger partial charge in [-0.05, 0) is 37.1 Å². The molecule has 1 aliphatic rings. The highest BCUT2D eigenvalue weighted by atomic mass is 32.2. The van der Waals surface area contributed by atoms with E-state index in [1.807, 2.05) is 30.8 Å². The summed E-state index contributed by atoms with van der Waals surface area (Å²) in [6.07, 6.45) is 2.23. The molecule has 2 atom stereocenters. The van der Waals surface area contributed by atoms with Gasteiger partial charge in [-0.2, -0.15) is 11.8 Å². The van der Waals surface area contributed by atoms with Crippen LogP contribution in [0.25, 0.3) is 0 Å². The molecule has 0 bridgehead atoms. The summed E-state index contributed by atoms with van der Waals surface area (Å²) >= 11 is 1.94. The van der Waals surface area contributed by atoms with Crippen molar-refractivity contribution in [2.45, 2.75) is 31.9 Å². The van der Waals surface area contributed by atoms with E-state index >= 15 is 0 Å². The van der Waals surface area contributed by atoms with E-state index in [2.05, 4.69) is 6.07 Å². The number of methoxy groups -OCH3 is 1. The molecular formula is C14H21NO2S. The molecule has 1 heterocycles. The summed E-state index contributed by atoms with van der Waals surface area (Å²) in [4.78, 5) is 0. The standard InChI is InChI=1S/C14H21NO2S/c1-10(15)8-11-4-3-5-13(16-2)14(11)17-12-6-7-18-9-12/h3-5,10,12H,6-9,15H2,1-2H3. The summed E-state index contributed by atoms with van der Waals surface area (Å²) in [6.45, 7) is 2.01. The van der Waals surface area contributed by atoms with E-state index in [1.54, 1.807) is 7.11 Å². The normalized spacial score (nSPS) is 20.7. The highest BCUT2D eigenvalue weighted by Gasteiger charge is 2.21. The van der Waals surface area contributed by atoms with E-state index in [1.165, 1.54) is 5.75 Å². The van der Waals surface area contributed by atoms with E-state index in [9.17, 15) is 0 Å². The van der Waals surface area contributed by atoms with E-state index in [0.717, 1.165) is 35.7 Å². The smallest absolute Gasteiger partial charge is 0.164 e. The predicted molar refractivity (Wildman–Crippen MR) is 76.7 cm³/mol. The molecule has 0 aromatic heterocycles. The van der Waals surface area contributed by atoms with Crippen LogP contribution in [0, 0.1) is 0 Å². The second-order valence-corrected chi connectivity index (χ2v) is 5.88. The fraction of sp³-hybridized carbons (Fsp3) is 0.571. The van der Waals surface area contributed by atoms with Crippen LogP contribution in [0.15, 0.2) is 18.2 Å². The molecule has 1 saturated heterocycles. The first-order valence-corrected chi connectivity index (χ1v) is 7.52. The second-order valence-electron chi connectivity index (χ2n) is 4.73. The first-order valence-electron chi connectivity index (χ1n) is 6.36. The van der Waals surface area contributed by atoms with E-state index < -0.39 is 0 Å². The van der Waals surface area contributed by atoms with Crippen LogP contribution in [-0.4, -0.2) is 30.8 Å². The first kappa shape index (κ1) is 13.6. The van der Waals surface area contributed by atoms with Gasteiger partial charge < -0.3 is 15.2 Å². The van der Waals surface area contributed by atoms with Gasteiger partial charge in [0.25, 0.3) is 0 Å². The molecule has 2 rings (SSSR count). The van der Waals surface area contributed by atoms with E-state index in [0.29, 0.717) is 6.10 Å². The highest BCUT2D eigenvalue weighted by Crippen LogP contribution is 2.34. The molecule has 1 aromatic carbocycles. The molecule has 3 nitrogen and oxygen atoms in total. The topological polar surface area (TPSA) is 44.5 Å². The number of rotatable bonds is 5. The average molecular weight is 267 g/mol. The quantitative estimate of drug-likeness (QED) is 0.890. The maximum atomic E-state index is 6.13. The lowest BCUT2D eigenvalue weighted by Gasteiger charge is -2.19. The Balaban J connectivity index is 2.22. The zero-order chi connectivity index (χ0) is 13.0. The Kier molecular flexibility index (Phi) is 4.78. The Morgan fingerprint density at radius 2 is 2.33 bits per heavy atom. The summed E-state index contributed by atoms with van der Waals surface area (Å²) in [5.74, 6) is 3.94. The third kappa shape index (κ3) is 3.33. The van der Waals surface area contributed by atoms with Crippen molar-refractivity contribution >= 4 is 11.8 Å². The molecule has 1 fully saturated rings. The molecule has 0 radical (unpaired) electrons. The van der Waals surface area contributed by atoms with Crippen molar-refractivity contribution in [3.05, 3.63) is 23.8 Å². The molecule has 0 spiro atoms. The van der Waals surface area contributed by atoms with Crippen LogP contribution in [0.5, 0.6) is 11.5 Å². The first-order chi connectivity index (χ1) is 8.70. The minimum atomic E-state index is 0.123. The maximum Gasteiger partial charge on any atom is 0.164 e. The molecule has 0 aliphatic carbocycles. The average Bonchev–Trinajstić information content (AvgIpc) is 2.83. The fourth-order valence-corrected chi connectivity index (χ4v) is 3.23. The molecule has 18 heavy (non-hydrogen) atoms. The van der Waals surface area contributed by atoms with E-state index in [-0.39, 0.29) is 6.04 Å². The van der Waals surface area contributed by atoms with Crippen molar-refractivity contribution < 1.29 is 9.47 Å². The van der Waals surface area contributed by atoms with Gasteiger partial charge >= 0.3 is 0 Å². The lowest BCUT2D eigenvalue weighted by Crippen LogP contribution is -2.20. The van der Waals surface area contributed by atoms with Crippen LogP contribution >= 0.6 is 11.8 Å². The summed E-state index contributed by atoms with van der Waals surface area (Å²) in [6, 6.07) is 6.13. The summed E-state index contributed by atoms with van der Waals surface area (Å²) in [7, 11) is 1.68. The van der Waals surface area contributed by atoms with Crippen LogP contribution < -0.4 is 15.2 Å². The van der Waals surface area contributed by atoms with Crippen LogP contribution in [-0.2, 0) is 6.42 Å². The predicted octanol–water partition coefficient (Wildman–Crippen LogP) is 2.47. The van der Waals surface area contributed by atoms with Crippen molar-refractivity contribution in [2.75, 3.05) is 18.6 Å². The lowest BCUT2D eigenvalue weighted by atomic mass is 10.1. The SMILES string of the molecule is COc1cccc(CC(C)N)c1OC1CCSC1. The van der Waals surface area contributed by atoms with Crippen LogP contribution in [0.1, 0.15) is 18.9 Å². The number of benzene rings is 1. The molecule has 2 N–H and O–H groups in total. The molecule has 2 unspecified atom stereocenters. The van der Waals surface area contributed by atoms with Crippen molar-refractivity contribution in [3.8, 4) is 11.5 Å². The summed E-state index contributed by atoms with van der Waals surface area (Å²) in [5, 5.41) is 0. The summed E-state index contributed by atoms with van der Waals surface area (Å²) in [5.41, 5.74) is 7.03. The van der Waals surface area contributed by atoms with Crippen LogP contribution in [0.2, 0.25) is 0 Å². The Morgan fingerprint density at radius 3 is 2.94 bits per heavy atom.